The monoisotopic (exact) mass is 255 g/mol. The molecule has 1 aromatic heterocycles. The van der Waals surface area contributed by atoms with Crippen LogP contribution in [0.1, 0.15) is 44.6 Å². The second kappa shape index (κ2) is 4.93. The third-order valence-electron chi connectivity index (χ3n) is 4.63. The standard InChI is InChI=1S/C17H21NO/c1-17(19,14-7-3-2-4-8-14)16-9-5-6-13-12-18-11-10-15(13)16/h5-6,9-12,14,19H,2-4,7-8H2,1H3. The van der Waals surface area contributed by atoms with Crippen LogP contribution in [0.5, 0.6) is 0 Å². The Morgan fingerprint density at radius 2 is 1.95 bits per heavy atom. The number of hydrogen-bond donors (Lipinski definition) is 1. The Hall–Kier alpha value is -1.41. The van der Waals surface area contributed by atoms with Crippen molar-refractivity contribution < 1.29 is 5.11 Å². The van der Waals surface area contributed by atoms with E-state index in [9.17, 15) is 5.11 Å². The molecule has 2 nitrogen and oxygen atoms in total. The number of hydrogen-bond acceptors (Lipinski definition) is 2. The van der Waals surface area contributed by atoms with Gasteiger partial charge in [0.05, 0.1) is 5.60 Å². The zero-order valence-corrected chi connectivity index (χ0v) is 11.5. The van der Waals surface area contributed by atoms with Gasteiger partial charge in [0.15, 0.2) is 0 Å². The largest absolute Gasteiger partial charge is 0.385 e. The fourth-order valence-electron chi connectivity index (χ4n) is 3.45. The van der Waals surface area contributed by atoms with Gasteiger partial charge >= 0.3 is 0 Å². The highest BCUT2D eigenvalue weighted by atomic mass is 16.3. The number of pyridine rings is 1. The zero-order chi connectivity index (χ0) is 13.3. The van der Waals surface area contributed by atoms with Crippen LogP contribution in [0, 0.1) is 5.92 Å². The first-order chi connectivity index (χ1) is 9.19. The summed E-state index contributed by atoms with van der Waals surface area (Å²) in [6.45, 7) is 1.98. The predicted octanol–water partition coefficient (Wildman–Crippen LogP) is 4.02. The van der Waals surface area contributed by atoms with Crippen molar-refractivity contribution in [1.29, 1.82) is 0 Å². The molecule has 2 aromatic rings. The van der Waals surface area contributed by atoms with E-state index in [-0.39, 0.29) is 0 Å². The number of nitrogens with zero attached hydrogens (tertiary/aromatic N) is 1. The molecule has 0 amide bonds. The van der Waals surface area contributed by atoms with Crippen LogP contribution in [0.15, 0.2) is 36.7 Å². The Balaban J connectivity index is 2.07. The van der Waals surface area contributed by atoms with E-state index in [0.717, 1.165) is 29.2 Å². The van der Waals surface area contributed by atoms with Crippen LogP contribution < -0.4 is 0 Å². The van der Waals surface area contributed by atoms with Crippen molar-refractivity contribution in [3.8, 4) is 0 Å². The molecule has 1 N–H and O–H groups in total. The molecule has 1 atom stereocenters. The van der Waals surface area contributed by atoms with Crippen LogP contribution in [0.25, 0.3) is 10.8 Å². The molecule has 1 saturated carbocycles. The SMILES string of the molecule is CC(O)(c1cccc2cnccc12)C1CCCCC1. The van der Waals surface area contributed by atoms with Gasteiger partial charge in [-0.3, -0.25) is 4.98 Å². The van der Waals surface area contributed by atoms with Crippen molar-refractivity contribution >= 4 is 10.8 Å². The molecular weight excluding hydrogens is 234 g/mol. The summed E-state index contributed by atoms with van der Waals surface area (Å²) in [4.78, 5) is 4.17. The average Bonchev–Trinajstić information content (AvgIpc) is 2.47. The van der Waals surface area contributed by atoms with Crippen LogP contribution >= 0.6 is 0 Å². The Kier molecular flexibility index (Phi) is 3.28. The smallest absolute Gasteiger partial charge is 0.0902 e. The predicted molar refractivity (Wildman–Crippen MR) is 77.9 cm³/mol. The normalized spacial score (nSPS) is 20.3. The van der Waals surface area contributed by atoms with E-state index in [1.54, 1.807) is 0 Å². The summed E-state index contributed by atoms with van der Waals surface area (Å²) < 4.78 is 0. The Labute approximate surface area is 114 Å². The van der Waals surface area contributed by atoms with Gasteiger partial charge < -0.3 is 5.11 Å². The van der Waals surface area contributed by atoms with Gasteiger partial charge in [0.1, 0.15) is 0 Å². The summed E-state index contributed by atoms with van der Waals surface area (Å²) in [5.74, 6) is 0.375. The highest BCUT2D eigenvalue weighted by Gasteiger charge is 2.35. The van der Waals surface area contributed by atoms with E-state index in [0.29, 0.717) is 5.92 Å². The van der Waals surface area contributed by atoms with Crippen molar-refractivity contribution in [2.75, 3.05) is 0 Å². The second-order valence-electron chi connectivity index (χ2n) is 5.88. The summed E-state index contributed by atoms with van der Waals surface area (Å²) in [6.07, 6.45) is 9.74. The van der Waals surface area contributed by atoms with Crippen LogP contribution in [0.4, 0.5) is 0 Å². The molecule has 3 rings (SSSR count). The van der Waals surface area contributed by atoms with Crippen molar-refractivity contribution in [2.45, 2.75) is 44.6 Å². The fourth-order valence-corrected chi connectivity index (χ4v) is 3.45. The molecule has 0 saturated heterocycles. The summed E-state index contributed by atoms with van der Waals surface area (Å²) in [5.41, 5.74) is 0.320. The Morgan fingerprint density at radius 1 is 1.16 bits per heavy atom. The summed E-state index contributed by atoms with van der Waals surface area (Å²) in [5, 5.41) is 13.3. The van der Waals surface area contributed by atoms with Gasteiger partial charge in [-0.15, -0.1) is 0 Å². The minimum Gasteiger partial charge on any atom is -0.385 e. The molecule has 0 radical (unpaired) electrons. The van der Waals surface area contributed by atoms with E-state index < -0.39 is 5.60 Å². The van der Waals surface area contributed by atoms with E-state index in [1.165, 1.54) is 19.3 Å². The van der Waals surface area contributed by atoms with Crippen LogP contribution in [0.3, 0.4) is 0 Å². The highest BCUT2D eigenvalue weighted by molar-refractivity contribution is 5.85. The number of aromatic nitrogens is 1. The van der Waals surface area contributed by atoms with Gasteiger partial charge in [0, 0.05) is 17.8 Å². The lowest BCUT2D eigenvalue weighted by atomic mass is 9.73. The first kappa shape index (κ1) is 12.6. The minimum absolute atomic E-state index is 0.375. The van der Waals surface area contributed by atoms with Gasteiger partial charge in [-0.2, -0.15) is 0 Å². The Morgan fingerprint density at radius 3 is 2.74 bits per heavy atom. The van der Waals surface area contributed by atoms with Crippen molar-refractivity contribution in [3.05, 3.63) is 42.2 Å². The molecule has 100 valence electrons. The molecule has 1 unspecified atom stereocenters. The van der Waals surface area contributed by atoms with E-state index in [4.69, 9.17) is 0 Å². The molecular formula is C17H21NO. The van der Waals surface area contributed by atoms with Crippen molar-refractivity contribution in [3.63, 3.8) is 0 Å². The second-order valence-corrected chi connectivity index (χ2v) is 5.88. The third-order valence-corrected chi connectivity index (χ3v) is 4.63. The molecule has 1 aliphatic carbocycles. The summed E-state index contributed by atoms with van der Waals surface area (Å²) >= 11 is 0. The summed E-state index contributed by atoms with van der Waals surface area (Å²) in [7, 11) is 0. The molecule has 0 spiro atoms. The van der Waals surface area contributed by atoms with Gasteiger partial charge in [-0.1, -0.05) is 37.5 Å². The highest BCUT2D eigenvalue weighted by Crippen LogP contribution is 2.41. The number of rotatable bonds is 2. The van der Waals surface area contributed by atoms with Crippen molar-refractivity contribution in [1.82, 2.24) is 4.98 Å². The minimum atomic E-state index is -0.735. The maximum atomic E-state index is 11.1. The lowest BCUT2D eigenvalue weighted by Crippen LogP contribution is -2.33. The van der Waals surface area contributed by atoms with E-state index in [1.807, 2.05) is 31.5 Å². The van der Waals surface area contributed by atoms with Crippen LogP contribution in [-0.4, -0.2) is 10.1 Å². The number of fused-ring (bicyclic) bond motifs is 1. The molecule has 1 aliphatic rings. The topological polar surface area (TPSA) is 33.1 Å². The van der Waals surface area contributed by atoms with Crippen LogP contribution in [-0.2, 0) is 5.60 Å². The summed E-state index contributed by atoms with van der Waals surface area (Å²) in [6, 6.07) is 8.17. The zero-order valence-electron chi connectivity index (χ0n) is 11.5. The molecule has 1 aromatic carbocycles. The lowest BCUT2D eigenvalue weighted by molar-refractivity contribution is -0.0202. The van der Waals surface area contributed by atoms with Gasteiger partial charge in [0.2, 0.25) is 0 Å². The van der Waals surface area contributed by atoms with Gasteiger partial charge in [-0.05, 0) is 42.7 Å². The number of benzene rings is 1. The fraction of sp³-hybridized carbons (Fsp3) is 0.471. The average molecular weight is 255 g/mol. The molecule has 1 heterocycles. The van der Waals surface area contributed by atoms with Gasteiger partial charge in [0.25, 0.3) is 0 Å². The molecule has 2 heteroatoms. The lowest BCUT2D eigenvalue weighted by Gasteiger charge is -2.36. The molecule has 0 aliphatic heterocycles. The van der Waals surface area contributed by atoms with Crippen LogP contribution in [0.2, 0.25) is 0 Å². The molecule has 1 fully saturated rings. The Bertz CT molecular complexity index is 565. The molecule has 0 bridgehead atoms. The van der Waals surface area contributed by atoms with E-state index in [2.05, 4.69) is 17.1 Å². The van der Waals surface area contributed by atoms with E-state index >= 15 is 0 Å². The third kappa shape index (κ3) is 2.25. The molecule has 19 heavy (non-hydrogen) atoms. The quantitative estimate of drug-likeness (QED) is 0.879. The van der Waals surface area contributed by atoms with Crippen molar-refractivity contribution in [2.24, 2.45) is 5.92 Å². The first-order valence-electron chi connectivity index (χ1n) is 7.25. The maximum Gasteiger partial charge on any atom is 0.0902 e. The first-order valence-corrected chi connectivity index (χ1v) is 7.25. The number of aliphatic hydroxyl groups is 1. The maximum absolute atomic E-state index is 11.1. The van der Waals surface area contributed by atoms with Gasteiger partial charge in [-0.25, -0.2) is 0 Å².